The van der Waals surface area contributed by atoms with E-state index in [0.717, 1.165) is 49.7 Å². The Morgan fingerprint density at radius 1 is 1.06 bits per heavy atom. The van der Waals surface area contributed by atoms with Crippen molar-refractivity contribution in [2.75, 3.05) is 58.9 Å². The third kappa shape index (κ3) is 6.07. The van der Waals surface area contributed by atoms with Crippen LogP contribution in [0.1, 0.15) is 17.5 Å². The van der Waals surface area contributed by atoms with Gasteiger partial charge in [-0.2, -0.15) is 0 Å². The van der Waals surface area contributed by atoms with E-state index in [1.54, 1.807) is 19.1 Å². The van der Waals surface area contributed by atoms with Crippen LogP contribution in [0, 0.1) is 5.92 Å². The fourth-order valence-corrected chi connectivity index (χ4v) is 4.47. The lowest BCUT2D eigenvalue weighted by atomic mass is 10.1. The molecule has 2 aliphatic rings. The molecule has 0 saturated carbocycles. The maximum absolute atomic E-state index is 12.9. The van der Waals surface area contributed by atoms with E-state index in [2.05, 4.69) is 16.3 Å². The molecule has 1 unspecified atom stereocenters. The number of likely N-dealkylation sites (tertiary alicyclic amines) is 1. The predicted octanol–water partition coefficient (Wildman–Crippen LogP) is 2.57. The molecule has 182 valence electrons. The highest BCUT2D eigenvalue weighted by Gasteiger charge is 2.34. The maximum atomic E-state index is 12.9. The van der Waals surface area contributed by atoms with Gasteiger partial charge >= 0.3 is 0 Å². The molecule has 0 radical (unpaired) electrons. The third-order valence-corrected chi connectivity index (χ3v) is 6.41. The molecule has 8 nitrogen and oxygen atoms in total. The van der Waals surface area contributed by atoms with Crippen molar-refractivity contribution in [3.05, 3.63) is 53.6 Å². The van der Waals surface area contributed by atoms with Crippen molar-refractivity contribution < 1.29 is 23.8 Å². The van der Waals surface area contributed by atoms with Gasteiger partial charge in [-0.25, -0.2) is 0 Å². The molecule has 2 fully saturated rings. The van der Waals surface area contributed by atoms with Gasteiger partial charge in [0.15, 0.2) is 11.5 Å². The number of ether oxygens (including phenoxy) is 3. The van der Waals surface area contributed by atoms with E-state index in [1.807, 2.05) is 36.4 Å². The largest absolute Gasteiger partial charge is 0.493 e. The molecule has 34 heavy (non-hydrogen) atoms. The fraction of sp³-hybridized carbons (Fsp3) is 0.462. The number of amides is 2. The van der Waals surface area contributed by atoms with Crippen LogP contribution in [0.15, 0.2) is 42.5 Å². The van der Waals surface area contributed by atoms with Crippen molar-refractivity contribution in [1.29, 1.82) is 0 Å². The van der Waals surface area contributed by atoms with Crippen LogP contribution in [-0.4, -0.2) is 75.2 Å². The average molecular weight is 468 g/mol. The summed E-state index contributed by atoms with van der Waals surface area (Å²) in [7, 11) is 3.21. The molecule has 2 aliphatic heterocycles. The van der Waals surface area contributed by atoms with E-state index in [1.165, 1.54) is 0 Å². The Hall–Kier alpha value is -3.10. The highest BCUT2D eigenvalue weighted by molar-refractivity contribution is 5.97. The second-order valence-corrected chi connectivity index (χ2v) is 8.76. The molecular weight excluding hydrogens is 434 g/mol. The average Bonchev–Trinajstić information content (AvgIpc) is 3.24. The number of methoxy groups -OCH3 is 2. The summed E-state index contributed by atoms with van der Waals surface area (Å²) in [5.74, 6) is 0.906. The van der Waals surface area contributed by atoms with Gasteiger partial charge in [0.2, 0.25) is 11.8 Å². The first kappa shape index (κ1) is 24.0. The van der Waals surface area contributed by atoms with E-state index >= 15 is 0 Å². The Morgan fingerprint density at radius 3 is 2.62 bits per heavy atom. The molecule has 2 heterocycles. The van der Waals surface area contributed by atoms with Gasteiger partial charge in [-0.05, 0) is 41.8 Å². The van der Waals surface area contributed by atoms with E-state index in [9.17, 15) is 9.59 Å². The zero-order valence-corrected chi connectivity index (χ0v) is 19.9. The van der Waals surface area contributed by atoms with Gasteiger partial charge in [-0.3, -0.25) is 14.5 Å². The lowest BCUT2D eigenvalue weighted by Gasteiger charge is -2.26. The standard InChI is InChI=1S/C26H33N3O5/c1-32-23-7-6-19(15-24(23)33-2)8-9-29-18-21(16-25(29)30)26(31)27-22-5-3-4-20(14-22)17-28-10-12-34-13-11-28/h3-7,14-15,21H,8-13,16-18H2,1-2H3,(H,27,31). The molecule has 2 saturated heterocycles. The zero-order valence-electron chi connectivity index (χ0n) is 19.9. The number of rotatable bonds is 9. The van der Waals surface area contributed by atoms with Crippen LogP contribution in [0.4, 0.5) is 5.69 Å². The van der Waals surface area contributed by atoms with E-state index in [0.29, 0.717) is 31.0 Å². The molecule has 0 bridgehead atoms. The van der Waals surface area contributed by atoms with Crippen LogP contribution in [0.5, 0.6) is 11.5 Å². The molecular formula is C26H33N3O5. The van der Waals surface area contributed by atoms with Gasteiger partial charge < -0.3 is 24.4 Å². The Morgan fingerprint density at radius 2 is 1.85 bits per heavy atom. The minimum Gasteiger partial charge on any atom is -0.493 e. The first-order chi connectivity index (χ1) is 16.6. The van der Waals surface area contributed by atoms with Crippen molar-refractivity contribution in [3.63, 3.8) is 0 Å². The van der Waals surface area contributed by atoms with Crippen LogP contribution >= 0.6 is 0 Å². The summed E-state index contributed by atoms with van der Waals surface area (Å²) in [4.78, 5) is 29.6. The summed E-state index contributed by atoms with van der Waals surface area (Å²) >= 11 is 0. The smallest absolute Gasteiger partial charge is 0.229 e. The Balaban J connectivity index is 1.29. The lowest BCUT2D eigenvalue weighted by Crippen LogP contribution is -2.35. The lowest BCUT2D eigenvalue weighted by molar-refractivity contribution is -0.128. The third-order valence-electron chi connectivity index (χ3n) is 6.41. The molecule has 4 rings (SSSR count). The molecule has 2 aromatic rings. The quantitative estimate of drug-likeness (QED) is 0.611. The summed E-state index contributed by atoms with van der Waals surface area (Å²) in [5, 5.41) is 3.01. The van der Waals surface area contributed by atoms with Crippen LogP contribution in [0.3, 0.4) is 0 Å². The summed E-state index contributed by atoms with van der Waals surface area (Å²) in [6.07, 6.45) is 0.926. The van der Waals surface area contributed by atoms with Gasteiger partial charge in [0.05, 0.1) is 33.4 Å². The number of anilines is 1. The van der Waals surface area contributed by atoms with Gasteiger partial charge in [0, 0.05) is 44.8 Å². The number of hydrogen-bond donors (Lipinski definition) is 1. The predicted molar refractivity (Wildman–Crippen MR) is 129 cm³/mol. The Labute approximate surface area is 200 Å². The summed E-state index contributed by atoms with van der Waals surface area (Å²) < 4.78 is 16.0. The first-order valence-electron chi connectivity index (χ1n) is 11.7. The second-order valence-electron chi connectivity index (χ2n) is 8.76. The molecule has 2 aromatic carbocycles. The van der Waals surface area contributed by atoms with Crippen LogP contribution in [0.2, 0.25) is 0 Å². The number of nitrogens with zero attached hydrogens (tertiary/aromatic N) is 2. The number of carbonyl (C=O) groups is 2. The van der Waals surface area contributed by atoms with Crippen molar-refractivity contribution >= 4 is 17.5 Å². The highest BCUT2D eigenvalue weighted by atomic mass is 16.5. The van der Waals surface area contributed by atoms with Crippen molar-refractivity contribution in [2.24, 2.45) is 5.92 Å². The van der Waals surface area contributed by atoms with Gasteiger partial charge in [0.1, 0.15) is 0 Å². The van der Waals surface area contributed by atoms with E-state index in [4.69, 9.17) is 14.2 Å². The van der Waals surface area contributed by atoms with Gasteiger partial charge in [-0.15, -0.1) is 0 Å². The van der Waals surface area contributed by atoms with Crippen molar-refractivity contribution in [3.8, 4) is 11.5 Å². The molecule has 0 aromatic heterocycles. The minimum atomic E-state index is -0.346. The number of hydrogen-bond acceptors (Lipinski definition) is 6. The molecule has 8 heteroatoms. The zero-order chi connectivity index (χ0) is 23.9. The molecule has 0 aliphatic carbocycles. The molecule has 2 amide bonds. The van der Waals surface area contributed by atoms with Crippen LogP contribution < -0.4 is 14.8 Å². The van der Waals surface area contributed by atoms with Crippen molar-refractivity contribution in [2.45, 2.75) is 19.4 Å². The topological polar surface area (TPSA) is 80.3 Å². The molecule has 1 atom stereocenters. The monoisotopic (exact) mass is 467 g/mol. The Bertz CT molecular complexity index is 1010. The van der Waals surface area contributed by atoms with Crippen LogP contribution in [0.25, 0.3) is 0 Å². The number of morpholine rings is 1. The number of carbonyl (C=O) groups excluding carboxylic acids is 2. The number of nitrogens with one attached hydrogen (secondary N) is 1. The SMILES string of the molecule is COc1ccc(CCN2CC(C(=O)Nc3cccc(CN4CCOCC4)c3)CC2=O)cc1OC. The summed E-state index contributed by atoms with van der Waals surface area (Å²) in [6.45, 7) is 5.18. The first-order valence-corrected chi connectivity index (χ1v) is 11.7. The summed E-state index contributed by atoms with van der Waals surface area (Å²) in [5.41, 5.74) is 2.97. The van der Waals surface area contributed by atoms with Gasteiger partial charge in [0.25, 0.3) is 0 Å². The maximum Gasteiger partial charge on any atom is 0.229 e. The Kier molecular flexibility index (Phi) is 8.03. The van der Waals surface area contributed by atoms with Crippen LogP contribution in [-0.2, 0) is 27.3 Å². The second kappa shape index (κ2) is 11.4. The highest BCUT2D eigenvalue weighted by Crippen LogP contribution is 2.28. The van der Waals surface area contributed by atoms with E-state index < -0.39 is 0 Å². The normalized spacial score (nSPS) is 18.7. The number of benzene rings is 2. The molecule has 1 N–H and O–H groups in total. The molecule has 0 spiro atoms. The summed E-state index contributed by atoms with van der Waals surface area (Å²) in [6, 6.07) is 13.7. The van der Waals surface area contributed by atoms with Crippen molar-refractivity contribution in [1.82, 2.24) is 9.80 Å². The minimum absolute atomic E-state index is 0.0155. The van der Waals surface area contributed by atoms with E-state index in [-0.39, 0.29) is 24.2 Å². The van der Waals surface area contributed by atoms with Gasteiger partial charge in [-0.1, -0.05) is 18.2 Å². The fourth-order valence-electron chi connectivity index (χ4n) is 4.47.